The van der Waals surface area contributed by atoms with Crippen molar-refractivity contribution in [2.24, 2.45) is 5.92 Å². The molecule has 0 aliphatic heterocycles. The Balaban J connectivity index is 2.02. The fraction of sp³-hybridized carbons (Fsp3) is 0.355. The molecule has 0 aromatic heterocycles. The number of methoxy groups -OCH3 is 1. The first kappa shape index (κ1) is 32.0. The second-order valence-corrected chi connectivity index (χ2v) is 12.3. The van der Waals surface area contributed by atoms with Gasteiger partial charge in [0.2, 0.25) is 11.8 Å². The summed E-state index contributed by atoms with van der Waals surface area (Å²) in [5.41, 5.74) is 1.20. The van der Waals surface area contributed by atoms with Crippen LogP contribution in [0.1, 0.15) is 32.8 Å². The lowest BCUT2D eigenvalue weighted by Gasteiger charge is -2.33. The molecule has 8 nitrogen and oxygen atoms in total. The highest BCUT2D eigenvalue weighted by molar-refractivity contribution is 7.92. The smallest absolute Gasteiger partial charge is 0.264 e. The number of carbonyl (C=O) groups is 2. The van der Waals surface area contributed by atoms with E-state index in [0.29, 0.717) is 25.1 Å². The molecular formula is C31H38ClN3O5S. The van der Waals surface area contributed by atoms with Crippen molar-refractivity contribution in [3.05, 3.63) is 89.4 Å². The SMILES string of the molecule is CC[C@H](C(=O)NCC(C)C)N(CCc1ccccc1)C(=O)CN(c1ccc(OC)c(Cl)c1)S(=O)(=O)c1ccccc1. The van der Waals surface area contributed by atoms with Crippen molar-refractivity contribution >= 4 is 39.1 Å². The molecule has 220 valence electrons. The fourth-order valence-electron chi connectivity index (χ4n) is 4.38. The van der Waals surface area contributed by atoms with Gasteiger partial charge in [0.25, 0.3) is 10.0 Å². The number of amides is 2. The Labute approximate surface area is 248 Å². The van der Waals surface area contributed by atoms with E-state index >= 15 is 0 Å². The molecule has 41 heavy (non-hydrogen) atoms. The van der Waals surface area contributed by atoms with Crippen molar-refractivity contribution < 1.29 is 22.7 Å². The minimum atomic E-state index is -4.17. The monoisotopic (exact) mass is 599 g/mol. The van der Waals surface area contributed by atoms with Crippen LogP contribution in [0.3, 0.4) is 0 Å². The molecule has 0 radical (unpaired) electrons. The average Bonchev–Trinajstić information content (AvgIpc) is 2.97. The van der Waals surface area contributed by atoms with Gasteiger partial charge in [0.05, 0.1) is 22.7 Å². The zero-order chi connectivity index (χ0) is 30.0. The number of carbonyl (C=O) groups excluding carboxylic acids is 2. The molecule has 0 aliphatic rings. The Morgan fingerprint density at radius 2 is 1.61 bits per heavy atom. The lowest BCUT2D eigenvalue weighted by molar-refractivity contribution is -0.139. The molecule has 1 atom stereocenters. The molecule has 0 fully saturated rings. The Hall–Kier alpha value is -3.56. The number of anilines is 1. The summed E-state index contributed by atoms with van der Waals surface area (Å²) in [6.45, 7) is 6.00. The Kier molecular flexibility index (Phi) is 11.6. The molecule has 0 saturated carbocycles. The van der Waals surface area contributed by atoms with E-state index in [1.54, 1.807) is 30.3 Å². The first-order valence-electron chi connectivity index (χ1n) is 13.6. The highest BCUT2D eigenvalue weighted by atomic mass is 35.5. The lowest BCUT2D eigenvalue weighted by atomic mass is 10.1. The third kappa shape index (κ3) is 8.47. The van der Waals surface area contributed by atoms with Crippen LogP contribution in [0, 0.1) is 5.92 Å². The molecule has 3 aromatic carbocycles. The number of halogens is 1. The molecule has 2 amide bonds. The Morgan fingerprint density at radius 1 is 0.976 bits per heavy atom. The summed E-state index contributed by atoms with van der Waals surface area (Å²) in [5.74, 6) is -0.168. The number of ether oxygens (including phenoxy) is 1. The summed E-state index contributed by atoms with van der Waals surface area (Å²) in [7, 11) is -2.71. The van der Waals surface area contributed by atoms with Gasteiger partial charge in [-0.2, -0.15) is 0 Å². The van der Waals surface area contributed by atoms with Gasteiger partial charge in [-0.1, -0.05) is 80.9 Å². The summed E-state index contributed by atoms with van der Waals surface area (Å²) in [6.07, 6.45) is 0.866. The van der Waals surface area contributed by atoms with E-state index in [1.807, 2.05) is 51.1 Å². The van der Waals surface area contributed by atoms with Gasteiger partial charge in [-0.25, -0.2) is 8.42 Å². The van der Waals surface area contributed by atoms with Gasteiger partial charge < -0.3 is 15.0 Å². The normalized spacial score (nSPS) is 12.0. The number of rotatable bonds is 14. The molecule has 0 bridgehead atoms. The van der Waals surface area contributed by atoms with E-state index < -0.39 is 28.5 Å². The maximum atomic E-state index is 14.1. The average molecular weight is 600 g/mol. The van der Waals surface area contributed by atoms with Gasteiger partial charge in [0, 0.05) is 13.1 Å². The molecule has 10 heteroatoms. The molecule has 3 rings (SSSR count). The second kappa shape index (κ2) is 14.9. The van der Waals surface area contributed by atoms with Crippen molar-refractivity contribution in [1.29, 1.82) is 0 Å². The third-order valence-electron chi connectivity index (χ3n) is 6.59. The maximum Gasteiger partial charge on any atom is 0.264 e. The molecule has 0 aliphatic carbocycles. The van der Waals surface area contributed by atoms with Crippen LogP contribution in [0.5, 0.6) is 5.75 Å². The first-order chi connectivity index (χ1) is 19.6. The Morgan fingerprint density at radius 3 is 2.17 bits per heavy atom. The van der Waals surface area contributed by atoms with Crippen LogP contribution in [-0.2, 0) is 26.0 Å². The standard InChI is InChI=1S/C31H38ClN3O5S/c1-5-28(31(37)33-21-23(2)3)34(19-18-24-12-8-6-9-13-24)30(36)22-35(25-16-17-29(40-4)27(32)20-25)41(38,39)26-14-10-7-11-15-26/h6-17,20,23,28H,5,18-19,21-22H2,1-4H3,(H,33,37)/t28-/m1/s1. The van der Waals surface area contributed by atoms with Crippen LogP contribution >= 0.6 is 11.6 Å². The molecule has 0 heterocycles. The van der Waals surface area contributed by atoms with E-state index in [2.05, 4.69) is 5.32 Å². The number of nitrogens with zero attached hydrogens (tertiary/aromatic N) is 2. The largest absolute Gasteiger partial charge is 0.495 e. The van der Waals surface area contributed by atoms with Crippen molar-refractivity contribution in [3.63, 3.8) is 0 Å². The van der Waals surface area contributed by atoms with Crippen LogP contribution in [0.25, 0.3) is 0 Å². The molecular weight excluding hydrogens is 562 g/mol. The minimum absolute atomic E-state index is 0.0253. The van der Waals surface area contributed by atoms with Crippen molar-refractivity contribution in [3.8, 4) is 5.75 Å². The fourth-order valence-corrected chi connectivity index (χ4v) is 6.06. The molecule has 1 N–H and O–H groups in total. The van der Waals surface area contributed by atoms with E-state index in [0.717, 1.165) is 9.87 Å². The number of hydrogen-bond acceptors (Lipinski definition) is 5. The van der Waals surface area contributed by atoms with Gasteiger partial charge >= 0.3 is 0 Å². The predicted octanol–water partition coefficient (Wildman–Crippen LogP) is 5.17. The highest BCUT2D eigenvalue weighted by Crippen LogP contribution is 2.32. The number of nitrogens with one attached hydrogen (secondary N) is 1. The first-order valence-corrected chi connectivity index (χ1v) is 15.4. The molecule has 0 spiro atoms. The second-order valence-electron chi connectivity index (χ2n) is 10.0. The molecule has 0 saturated heterocycles. The quantitative estimate of drug-likeness (QED) is 0.276. The summed E-state index contributed by atoms with van der Waals surface area (Å²) >= 11 is 6.37. The summed E-state index contributed by atoms with van der Waals surface area (Å²) < 4.78 is 34.0. The van der Waals surface area contributed by atoms with Crippen LogP contribution in [0.4, 0.5) is 5.69 Å². The lowest BCUT2D eigenvalue weighted by Crippen LogP contribution is -2.53. The van der Waals surface area contributed by atoms with Gasteiger partial charge in [0.15, 0.2) is 0 Å². The van der Waals surface area contributed by atoms with Crippen molar-refractivity contribution in [2.45, 2.75) is 44.6 Å². The van der Waals surface area contributed by atoms with Gasteiger partial charge in [-0.05, 0) is 54.7 Å². The highest BCUT2D eigenvalue weighted by Gasteiger charge is 2.33. The Bertz CT molecular complexity index is 1400. The van der Waals surface area contributed by atoms with E-state index in [1.165, 1.54) is 30.2 Å². The summed E-state index contributed by atoms with van der Waals surface area (Å²) in [5, 5.41) is 3.13. The van der Waals surface area contributed by atoms with Crippen LogP contribution < -0.4 is 14.4 Å². The minimum Gasteiger partial charge on any atom is -0.495 e. The van der Waals surface area contributed by atoms with Gasteiger partial charge in [-0.15, -0.1) is 0 Å². The van der Waals surface area contributed by atoms with E-state index in [9.17, 15) is 18.0 Å². The summed E-state index contributed by atoms with van der Waals surface area (Å²) in [4.78, 5) is 28.8. The van der Waals surface area contributed by atoms with E-state index in [4.69, 9.17) is 16.3 Å². The van der Waals surface area contributed by atoms with Gasteiger partial charge in [-0.3, -0.25) is 13.9 Å². The van der Waals surface area contributed by atoms with Gasteiger partial charge in [0.1, 0.15) is 18.3 Å². The topological polar surface area (TPSA) is 96.0 Å². The zero-order valence-electron chi connectivity index (χ0n) is 23.9. The van der Waals surface area contributed by atoms with Crippen molar-refractivity contribution in [2.75, 3.05) is 31.0 Å². The maximum absolute atomic E-state index is 14.1. The van der Waals surface area contributed by atoms with Crippen LogP contribution in [0.15, 0.2) is 83.8 Å². The van der Waals surface area contributed by atoms with Crippen molar-refractivity contribution in [1.82, 2.24) is 10.2 Å². The van der Waals surface area contributed by atoms with Crippen LogP contribution in [-0.4, -0.2) is 57.9 Å². The van der Waals surface area contributed by atoms with E-state index in [-0.39, 0.29) is 34.0 Å². The van der Waals surface area contributed by atoms with Crippen LogP contribution in [0.2, 0.25) is 5.02 Å². The molecule has 0 unspecified atom stereocenters. The number of hydrogen-bond donors (Lipinski definition) is 1. The predicted molar refractivity (Wildman–Crippen MR) is 163 cm³/mol. The number of sulfonamides is 1. The molecule has 3 aromatic rings. The number of benzene rings is 3. The third-order valence-corrected chi connectivity index (χ3v) is 8.67. The zero-order valence-corrected chi connectivity index (χ0v) is 25.5. The summed E-state index contributed by atoms with van der Waals surface area (Å²) in [6, 6.07) is 21.3.